The zero-order chi connectivity index (χ0) is 13.0. The van der Waals surface area contributed by atoms with Gasteiger partial charge >= 0.3 is 6.03 Å². The maximum Gasteiger partial charge on any atom is 0.319 e. The molecule has 0 aromatic carbocycles. The third-order valence-electron chi connectivity index (χ3n) is 3.91. The maximum absolute atomic E-state index is 11.9. The molecule has 0 spiro atoms. The van der Waals surface area contributed by atoms with Crippen molar-refractivity contribution in [2.24, 2.45) is 5.92 Å². The van der Waals surface area contributed by atoms with Crippen LogP contribution in [-0.2, 0) is 4.74 Å². The minimum atomic E-state index is 0.164. The second kappa shape index (κ2) is 6.38. The van der Waals surface area contributed by atoms with E-state index in [-0.39, 0.29) is 6.03 Å². The molecule has 2 aliphatic heterocycles. The third-order valence-corrected chi connectivity index (χ3v) is 3.91. The van der Waals surface area contributed by atoms with E-state index in [1.54, 1.807) is 4.90 Å². The van der Waals surface area contributed by atoms with Crippen molar-refractivity contribution in [3.8, 4) is 0 Å². The summed E-state index contributed by atoms with van der Waals surface area (Å²) in [4.78, 5) is 15.7. The highest BCUT2D eigenvalue weighted by atomic mass is 16.5. The standard InChI is InChI=1S/C13H25N3O2/c1-3-5-14-12(11-4-8-18-10-11)9-16-7-6-15(2)13(16)17/h11-12,14H,3-10H2,1-2H3. The Bertz CT molecular complexity index is 279. The number of carbonyl (C=O) groups excluding carboxylic acids is 1. The molecule has 0 radical (unpaired) electrons. The minimum absolute atomic E-state index is 0.164. The van der Waals surface area contributed by atoms with E-state index >= 15 is 0 Å². The van der Waals surface area contributed by atoms with E-state index < -0.39 is 0 Å². The van der Waals surface area contributed by atoms with Gasteiger partial charge in [0.1, 0.15) is 0 Å². The normalized spacial score (nSPS) is 26.1. The molecule has 2 heterocycles. The molecule has 2 fully saturated rings. The van der Waals surface area contributed by atoms with Crippen molar-refractivity contribution in [1.82, 2.24) is 15.1 Å². The van der Waals surface area contributed by atoms with E-state index in [2.05, 4.69) is 12.2 Å². The molecule has 1 N–H and O–H groups in total. The molecule has 104 valence electrons. The molecule has 2 atom stereocenters. The molecule has 2 aliphatic rings. The van der Waals surface area contributed by atoms with Crippen molar-refractivity contribution in [3.05, 3.63) is 0 Å². The third kappa shape index (κ3) is 3.14. The lowest BCUT2D eigenvalue weighted by molar-refractivity contribution is 0.163. The molecule has 2 amide bonds. The first-order chi connectivity index (χ1) is 8.72. The van der Waals surface area contributed by atoms with E-state index in [0.717, 1.165) is 52.2 Å². The Kier molecular flexibility index (Phi) is 4.83. The van der Waals surface area contributed by atoms with Crippen LogP contribution in [0.2, 0.25) is 0 Å². The summed E-state index contributed by atoms with van der Waals surface area (Å²) >= 11 is 0. The van der Waals surface area contributed by atoms with Crippen molar-refractivity contribution < 1.29 is 9.53 Å². The highest BCUT2D eigenvalue weighted by molar-refractivity contribution is 5.76. The SMILES string of the molecule is CCCNC(CN1CCN(C)C1=O)C1CCOC1. The quantitative estimate of drug-likeness (QED) is 0.762. The van der Waals surface area contributed by atoms with Crippen molar-refractivity contribution in [2.45, 2.75) is 25.8 Å². The zero-order valence-electron chi connectivity index (χ0n) is 11.5. The molecule has 0 aromatic rings. The van der Waals surface area contributed by atoms with Crippen LogP contribution < -0.4 is 5.32 Å². The van der Waals surface area contributed by atoms with Gasteiger partial charge in [-0.3, -0.25) is 0 Å². The molecule has 0 aromatic heterocycles. The van der Waals surface area contributed by atoms with Crippen molar-refractivity contribution in [3.63, 3.8) is 0 Å². The monoisotopic (exact) mass is 255 g/mol. The van der Waals surface area contributed by atoms with Crippen LogP contribution in [0.25, 0.3) is 0 Å². The maximum atomic E-state index is 11.9. The largest absolute Gasteiger partial charge is 0.381 e. The van der Waals surface area contributed by atoms with Gasteiger partial charge in [-0.1, -0.05) is 6.92 Å². The molecule has 2 saturated heterocycles. The Labute approximate surface area is 109 Å². The summed E-state index contributed by atoms with van der Waals surface area (Å²) in [6, 6.07) is 0.542. The average Bonchev–Trinajstić information content (AvgIpc) is 2.99. The first-order valence-corrected chi connectivity index (χ1v) is 7.03. The molecule has 2 rings (SSSR count). The summed E-state index contributed by atoms with van der Waals surface area (Å²) in [6.07, 6.45) is 2.23. The molecular formula is C13H25N3O2. The number of amides is 2. The van der Waals surface area contributed by atoms with E-state index in [1.165, 1.54) is 0 Å². The molecular weight excluding hydrogens is 230 g/mol. The fraction of sp³-hybridized carbons (Fsp3) is 0.923. The predicted octanol–water partition coefficient (Wildman–Crippen LogP) is 0.758. The van der Waals surface area contributed by atoms with Gasteiger partial charge in [0.15, 0.2) is 0 Å². The van der Waals surface area contributed by atoms with Crippen LogP contribution in [0.15, 0.2) is 0 Å². The van der Waals surface area contributed by atoms with Crippen LogP contribution in [0.1, 0.15) is 19.8 Å². The summed E-state index contributed by atoms with van der Waals surface area (Å²) < 4.78 is 5.48. The molecule has 5 heteroatoms. The molecule has 0 aliphatic carbocycles. The Morgan fingerprint density at radius 1 is 1.50 bits per heavy atom. The van der Waals surface area contributed by atoms with Gasteiger partial charge in [-0.2, -0.15) is 0 Å². The van der Waals surface area contributed by atoms with Crippen LogP contribution in [0.5, 0.6) is 0 Å². The summed E-state index contributed by atoms with van der Waals surface area (Å²) in [5, 5.41) is 3.58. The summed E-state index contributed by atoms with van der Waals surface area (Å²) in [5.74, 6) is 0.551. The Balaban J connectivity index is 1.89. The zero-order valence-corrected chi connectivity index (χ0v) is 11.5. The van der Waals surface area contributed by atoms with Gasteiger partial charge in [-0.15, -0.1) is 0 Å². The van der Waals surface area contributed by atoms with E-state index in [1.807, 2.05) is 11.9 Å². The lowest BCUT2D eigenvalue weighted by Gasteiger charge is -2.28. The van der Waals surface area contributed by atoms with E-state index in [9.17, 15) is 4.79 Å². The number of nitrogens with zero attached hydrogens (tertiary/aromatic N) is 2. The Hall–Kier alpha value is -0.810. The number of ether oxygens (including phenoxy) is 1. The first-order valence-electron chi connectivity index (χ1n) is 7.03. The highest BCUT2D eigenvalue weighted by Gasteiger charge is 2.32. The number of rotatable bonds is 6. The molecule has 2 unspecified atom stereocenters. The van der Waals surface area contributed by atoms with Crippen LogP contribution in [0, 0.1) is 5.92 Å². The van der Waals surface area contributed by atoms with Crippen LogP contribution in [-0.4, -0.2) is 68.3 Å². The number of urea groups is 1. The van der Waals surface area contributed by atoms with Crippen LogP contribution >= 0.6 is 0 Å². The Morgan fingerprint density at radius 3 is 2.89 bits per heavy atom. The smallest absolute Gasteiger partial charge is 0.319 e. The number of carbonyl (C=O) groups is 1. The van der Waals surface area contributed by atoms with Gasteiger partial charge < -0.3 is 19.9 Å². The van der Waals surface area contributed by atoms with Crippen molar-refractivity contribution in [2.75, 3.05) is 46.4 Å². The average molecular weight is 255 g/mol. The van der Waals surface area contributed by atoms with Crippen LogP contribution in [0.3, 0.4) is 0 Å². The molecule has 18 heavy (non-hydrogen) atoms. The molecule has 0 saturated carbocycles. The summed E-state index contributed by atoms with van der Waals surface area (Å²) in [7, 11) is 1.87. The number of nitrogens with one attached hydrogen (secondary N) is 1. The van der Waals surface area contributed by atoms with Crippen molar-refractivity contribution in [1.29, 1.82) is 0 Å². The fourth-order valence-electron chi connectivity index (χ4n) is 2.69. The molecule has 5 nitrogen and oxygen atoms in total. The lowest BCUT2D eigenvalue weighted by Crippen LogP contribution is -2.47. The number of hydrogen-bond donors (Lipinski definition) is 1. The number of hydrogen-bond acceptors (Lipinski definition) is 3. The molecule has 0 bridgehead atoms. The van der Waals surface area contributed by atoms with E-state index in [0.29, 0.717) is 12.0 Å². The van der Waals surface area contributed by atoms with Gasteiger partial charge in [0.2, 0.25) is 0 Å². The van der Waals surface area contributed by atoms with Crippen LogP contribution in [0.4, 0.5) is 4.79 Å². The Morgan fingerprint density at radius 2 is 2.33 bits per heavy atom. The first kappa shape index (κ1) is 13.6. The van der Waals surface area contributed by atoms with Gasteiger partial charge in [-0.25, -0.2) is 4.79 Å². The van der Waals surface area contributed by atoms with E-state index in [4.69, 9.17) is 4.74 Å². The number of likely N-dealkylation sites (N-methyl/N-ethyl adjacent to an activating group) is 1. The fourth-order valence-corrected chi connectivity index (χ4v) is 2.69. The second-order valence-corrected chi connectivity index (χ2v) is 5.33. The topological polar surface area (TPSA) is 44.8 Å². The van der Waals surface area contributed by atoms with Crippen molar-refractivity contribution >= 4 is 6.03 Å². The van der Waals surface area contributed by atoms with Gasteiger partial charge in [0.25, 0.3) is 0 Å². The summed E-state index contributed by atoms with van der Waals surface area (Å²) in [6.45, 7) is 7.40. The predicted molar refractivity (Wildman–Crippen MR) is 70.6 cm³/mol. The minimum Gasteiger partial charge on any atom is -0.381 e. The van der Waals surface area contributed by atoms with Gasteiger partial charge in [0, 0.05) is 45.2 Å². The van der Waals surface area contributed by atoms with Gasteiger partial charge in [0.05, 0.1) is 6.61 Å². The second-order valence-electron chi connectivity index (χ2n) is 5.33. The summed E-state index contributed by atoms with van der Waals surface area (Å²) in [5.41, 5.74) is 0. The lowest BCUT2D eigenvalue weighted by atomic mass is 9.98. The van der Waals surface area contributed by atoms with Gasteiger partial charge in [-0.05, 0) is 19.4 Å². The highest BCUT2D eigenvalue weighted by Crippen LogP contribution is 2.19.